The highest BCUT2D eigenvalue weighted by atomic mass is 14.6. The van der Waals surface area contributed by atoms with Crippen LogP contribution in [0.2, 0.25) is 0 Å². The highest BCUT2D eigenvalue weighted by Gasteiger charge is 2.48. The molecule has 2 rings (SSSR count). The van der Waals surface area contributed by atoms with E-state index in [2.05, 4.69) is 44.5 Å². The Morgan fingerprint density at radius 2 is 1.72 bits per heavy atom. The summed E-state index contributed by atoms with van der Waals surface area (Å²) >= 11 is 0. The lowest BCUT2D eigenvalue weighted by Crippen LogP contribution is -2.29. The molecule has 148 valence electrons. The highest BCUT2D eigenvalue weighted by molar-refractivity contribution is 5.95. The molecular weight excluding hydrogens is 352 g/mol. The molecule has 29 heavy (non-hydrogen) atoms. The fraction of sp³-hybridized carbons (Fsp3) is 0.111. The summed E-state index contributed by atoms with van der Waals surface area (Å²) in [5.74, 6) is 0. The normalized spacial score (nSPS) is 22.1. The van der Waals surface area contributed by atoms with Crippen LogP contribution < -0.4 is 11.5 Å². The number of nitrogens with two attached hydrogens (primary N) is 2. The Balaban J connectivity index is 3.02. The fourth-order valence-corrected chi connectivity index (χ4v) is 3.95. The van der Waals surface area contributed by atoms with Gasteiger partial charge in [0, 0.05) is 11.4 Å². The first-order valence-electron chi connectivity index (χ1n) is 9.53. The molecule has 0 aliphatic heterocycles. The Bertz CT molecular complexity index is 1000. The van der Waals surface area contributed by atoms with Gasteiger partial charge in [0.15, 0.2) is 0 Å². The van der Waals surface area contributed by atoms with Crippen molar-refractivity contribution in [2.45, 2.75) is 19.3 Å². The number of hydrogen-bond acceptors (Lipinski definition) is 2. The summed E-state index contributed by atoms with van der Waals surface area (Å²) < 4.78 is 0. The molecular formula is C27H30N2. The van der Waals surface area contributed by atoms with Crippen LogP contribution in [0.4, 0.5) is 0 Å². The largest absolute Gasteiger partial charge is 0.402 e. The molecule has 1 atom stereocenters. The summed E-state index contributed by atoms with van der Waals surface area (Å²) in [6, 6.07) is 8.34. The van der Waals surface area contributed by atoms with Crippen LogP contribution in [-0.4, -0.2) is 0 Å². The molecule has 1 aromatic carbocycles. The predicted molar refractivity (Wildman–Crippen MR) is 128 cm³/mol. The Morgan fingerprint density at radius 1 is 1.03 bits per heavy atom. The molecule has 0 fully saturated rings. The third-order valence-corrected chi connectivity index (χ3v) is 5.05. The number of benzene rings is 1. The smallest absolute Gasteiger partial charge is 0.0704 e. The van der Waals surface area contributed by atoms with Crippen molar-refractivity contribution in [1.82, 2.24) is 0 Å². The number of fused-ring (bicyclic) bond motifs is 1. The molecule has 0 spiro atoms. The average Bonchev–Trinajstić information content (AvgIpc) is 2.97. The lowest BCUT2D eigenvalue weighted by atomic mass is 9.66. The van der Waals surface area contributed by atoms with Crippen LogP contribution in [0.5, 0.6) is 0 Å². The molecule has 4 N–H and O–H groups in total. The van der Waals surface area contributed by atoms with Gasteiger partial charge < -0.3 is 11.5 Å². The van der Waals surface area contributed by atoms with Gasteiger partial charge in [0.05, 0.1) is 5.41 Å². The van der Waals surface area contributed by atoms with Crippen LogP contribution in [0.1, 0.15) is 25.0 Å². The minimum atomic E-state index is -0.625. The monoisotopic (exact) mass is 382 g/mol. The predicted octanol–water partition coefficient (Wildman–Crippen LogP) is 6.01. The first-order chi connectivity index (χ1) is 13.8. The van der Waals surface area contributed by atoms with Crippen molar-refractivity contribution in [3.05, 3.63) is 138 Å². The zero-order valence-electron chi connectivity index (χ0n) is 17.4. The third kappa shape index (κ3) is 3.88. The van der Waals surface area contributed by atoms with Crippen molar-refractivity contribution < 1.29 is 0 Å². The Kier molecular flexibility index (Phi) is 6.84. The fourth-order valence-electron chi connectivity index (χ4n) is 3.95. The molecule has 1 unspecified atom stereocenters. The van der Waals surface area contributed by atoms with Gasteiger partial charge in [-0.05, 0) is 59.4 Å². The van der Waals surface area contributed by atoms with E-state index in [1.54, 1.807) is 6.08 Å². The van der Waals surface area contributed by atoms with E-state index in [0.29, 0.717) is 11.4 Å². The van der Waals surface area contributed by atoms with E-state index in [1.165, 1.54) is 0 Å². The maximum atomic E-state index is 5.93. The van der Waals surface area contributed by atoms with Gasteiger partial charge in [-0.1, -0.05) is 87.0 Å². The number of rotatable bonds is 7. The number of hydrogen-bond donors (Lipinski definition) is 2. The van der Waals surface area contributed by atoms with E-state index in [0.717, 1.165) is 33.4 Å². The van der Waals surface area contributed by atoms with Crippen LogP contribution in [0.3, 0.4) is 0 Å². The maximum Gasteiger partial charge on any atom is 0.0704 e. The molecule has 0 amide bonds. The van der Waals surface area contributed by atoms with Crippen molar-refractivity contribution in [2.75, 3.05) is 0 Å². The van der Waals surface area contributed by atoms with E-state index >= 15 is 0 Å². The summed E-state index contributed by atoms with van der Waals surface area (Å²) in [7, 11) is 0. The second-order valence-corrected chi connectivity index (χ2v) is 6.98. The van der Waals surface area contributed by atoms with E-state index in [9.17, 15) is 0 Å². The van der Waals surface area contributed by atoms with E-state index in [-0.39, 0.29) is 0 Å². The van der Waals surface area contributed by atoms with Crippen molar-refractivity contribution >= 4 is 5.57 Å². The number of allylic oxidation sites excluding steroid dienone is 13. The molecule has 2 heteroatoms. The Morgan fingerprint density at radius 3 is 2.28 bits per heavy atom. The van der Waals surface area contributed by atoms with Crippen LogP contribution >= 0.6 is 0 Å². The summed E-state index contributed by atoms with van der Waals surface area (Å²) in [6.07, 6.45) is 15.5. The molecule has 0 aromatic heterocycles. The second kappa shape index (κ2) is 9.11. The van der Waals surface area contributed by atoms with Crippen molar-refractivity contribution in [2.24, 2.45) is 11.5 Å². The second-order valence-electron chi connectivity index (χ2n) is 6.98. The molecule has 2 nitrogen and oxygen atoms in total. The lowest BCUT2D eigenvalue weighted by molar-refractivity contribution is 0.768. The van der Waals surface area contributed by atoms with Crippen LogP contribution in [0.25, 0.3) is 5.57 Å². The summed E-state index contributed by atoms with van der Waals surface area (Å²) in [6.45, 7) is 20.1. The molecule has 1 aliphatic rings. The molecule has 0 saturated heterocycles. The molecule has 0 saturated carbocycles. The zero-order valence-corrected chi connectivity index (χ0v) is 17.4. The quantitative estimate of drug-likeness (QED) is 0.567. The van der Waals surface area contributed by atoms with Gasteiger partial charge in [-0.25, -0.2) is 0 Å². The van der Waals surface area contributed by atoms with Gasteiger partial charge in [-0.2, -0.15) is 0 Å². The lowest BCUT2D eigenvalue weighted by Gasteiger charge is -2.35. The van der Waals surface area contributed by atoms with Gasteiger partial charge in [0.1, 0.15) is 0 Å². The molecule has 0 heterocycles. The molecule has 0 radical (unpaired) electrons. The van der Waals surface area contributed by atoms with Crippen molar-refractivity contribution in [3.8, 4) is 0 Å². The first-order valence-corrected chi connectivity index (χ1v) is 9.53. The van der Waals surface area contributed by atoms with Crippen molar-refractivity contribution in [3.63, 3.8) is 0 Å². The van der Waals surface area contributed by atoms with E-state index in [4.69, 9.17) is 11.5 Å². The van der Waals surface area contributed by atoms with Crippen LogP contribution in [0, 0.1) is 0 Å². The van der Waals surface area contributed by atoms with Gasteiger partial charge in [0.2, 0.25) is 0 Å². The maximum absolute atomic E-state index is 5.93. The Labute approximate surface area is 175 Å². The Hall–Kier alpha value is -3.52. The third-order valence-electron chi connectivity index (χ3n) is 5.05. The summed E-state index contributed by atoms with van der Waals surface area (Å²) in [5.41, 5.74) is 18.6. The van der Waals surface area contributed by atoms with Crippen LogP contribution in [0.15, 0.2) is 127 Å². The SMILES string of the molecule is C=CC=C1/C(=C\C)C(C(=C)/C=C\C(=C)N)(/C(C=C)=C/C=C(\C)N)c2ccccc21. The van der Waals surface area contributed by atoms with E-state index in [1.807, 2.05) is 62.4 Å². The van der Waals surface area contributed by atoms with Gasteiger partial charge in [0.25, 0.3) is 0 Å². The van der Waals surface area contributed by atoms with Gasteiger partial charge in [-0.3, -0.25) is 0 Å². The highest BCUT2D eigenvalue weighted by Crippen LogP contribution is 2.57. The molecule has 1 aromatic rings. The topological polar surface area (TPSA) is 52.0 Å². The average molecular weight is 383 g/mol. The minimum absolute atomic E-state index is 0.471. The van der Waals surface area contributed by atoms with Gasteiger partial charge >= 0.3 is 0 Å². The standard InChI is InChI=1S/C27H30N2/c1-7-12-23-24-13-10-11-14-26(24)27(25(23)9-3,19(4)15-16-20(5)28)22(8-2)18-17-21(6)29/h7-18H,1-2,4-5,28-29H2,3,6H3/b16-15-,21-17+,22-18+,23-12?,25-9+. The summed E-state index contributed by atoms with van der Waals surface area (Å²) in [5, 5.41) is 0. The summed E-state index contributed by atoms with van der Waals surface area (Å²) in [4.78, 5) is 0. The zero-order chi connectivity index (χ0) is 21.6. The van der Waals surface area contributed by atoms with Gasteiger partial charge in [-0.15, -0.1) is 0 Å². The molecule has 1 aliphatic carbocycles. The van der Waals surface area contributed by atoms with E-state index < -0.39 is 5.41 Å². The minimum Gasteiger partial charge on any atom is -0.402 e. The van der Waals surface area contributed by atoms with Crippen molar-refractivity contribution in [1.29, 1.82) is 0 Å². The first kappa shape index (κ1) is 21.8. The van der Waals surface area contributed by atoms with Crippen LogP contribution in [-0.2, 0) is 5.41 Å². The molecule has 0 bridgehead atoms.